The highest BCUT2D eigenvalue weighted by molar-refractivity contribution is 6.06. The molecule has 3 saturated heterocycles. The van der Waals surface area contributed by atoms with Gasteiger partial charge in [0.15, 0.2) is 0 Å². The summed E-state index contributed by atoms with van der Waals surface area (Å²) in [5.74, 6) is -0.592. The van der Waals surface area contributed by atoms with Crippen molar-refractivity contribution in [2.24, 2.45) is 0 Å². The van der Waals surface area contributed by atoms with Crippen LogP contribution in [0, 0.1) is 11.3 Å². The number of urea groups is 1. The smallest absolute Gasteiger partial charge is 0.328 e. The second-order valence-corrected chi connectivity index (χ2v) is 16.4. The van der Waals surface area contributed by atoms with Crippen molar-refractivity contribution in [1.29, 1.82) is 5.26 Å². The van der Waals surface area contributed by atoms with E-state index in [-0.39, 0.29) is 23.9 Å². The Morgan fingerprint density at radius 3 is 2.26 bits per heavy atom. The van der Waals surface area contributed by atoms with Crippen molar-refractivity contribution >= 4 is 51.3 Å². The number of benzene rings is 2. The Balaban J connectivity index is 0.779. The first-order chi connectivity index (χ1) is 27.5. The number of hydrogen-bond donors (Lipinski definition) is 3. The Morgan fingerprint density at radius 2 is 1.58 bits per heavy atom. The van der Waals surface area contributed by atoms with Crippen LogP contribution < -0.4 is 20.4 Å². The number of carbonyl (C=O) groups is 3. The molecule has 0 bridgehead atoms. The van der Waals surface area contributed by atoms with Crippen LogP contribution in [-0.4, -0.2) is 110 Å². The van der Waals surface area contributed by atoms with E-state index in [1.807, 2.05) is 24.3 Å². The fourth-order valence-corrected chi connectivity index (χ4v) is 9.01. The maximum atomic E-state index is 13.5. The summed E-state index contributed by atoms with van der Waals surface area (Å²) in [5, 5.41) is 35.9. The minimum absolute atomic E-state index is 0.224. The summed E-state index contributed by atoms with van der Waals surface area (Å²) < 4.78 is 3.59. The van der Waals surface area contributed by atoms with E-state index in [9.17, 15) is 24.8 Å². The number of nitriles is 1. The Hall–Kier alpha value is -5.82. The van der Waals surface area contributed by atoms with Gasteiger partial charge in [-0.05, 0) is 94.1 Å². The highest BCUT2D eigenvalue weighted by Gasteiger charge is 2.36. The molecule has 294 valence electrons. The summed E-state index contributed by atoms with van der Waals surface area (Å²) in [7, 11) is 0. The number of hydrogen-bond acceptors (Lipinski definition) is 10. The van der Waals surface area contributed by atoms with Crippen LogP contribution in [0.4, 0.5) is 21.9 Å². The quantitative estimate of drug-likeness (QED) is 0.205. The van der Waals surface area contributed by atoms with Crippen molar-refractivity contribution in [3.05, 3.63) is 83.8 Å². The molecule has 9 rings (SSSR count). The molecular weight excluding hydrogens is 723 g/mol. The molecule has 5 aromatic rings. The van der Waals surface area contributed by atoms with Gasteiger partial charge in [-0.2, -0.15) is 15.5 Å². The summed E-state index contributed by atoms with van der Waals surface area (Å²) >= 11 is 0. The van der Waals surface area contributed by atoms with Crippen molar-refractivity contribution in [3.63, 3.8) is 0 Å². The summed E-state index contributed by atoms with van der Waals surface area (Å²) in [6, 6.07) is 20.1. The first-order valence-corrected chi connectivity index (χ1v) is 19.9. The molecule has 4 aliphatic rings. The van der Waals surface area contributed by atoms with Crippen LogP contribution in [0.5, 0.6) is 0 Å². The number of amides is 4. The molecule has 0 unspecified atom stereocenters. The minimum atomic E-state index is -1.23. The number of nitrogens with one attached hydrogen (secondary N) is 2. The van der Waals surface area contributed by atoms with Crippen molar-refractivity contribution in [1.82, 2.24) is 34.5 Å². The largest absolute Gasteiger partial charge is 0.386 e. The van der Waals surface area contributed by atoms with Gasteiger partial charge in [-0.25, -0.2) is 9.31 Å². The van der Waals surface area contributed by atoms with Crippen molar-refractivity contribution < 1.29 is 19.5 Å². The number of nitrogens with zero attached hydrogens (tertiary/aromatic N) is 9. The molecule has 1 aliphatic carbocycles. The van der Waals surface area contributed by atoms with Gasteiger partial charge in [0.2, 0.25) is 5.91 Å². The molecule has 0 spiro atoms. The molecule has 15 heteroatoms. The molecule has 2 aromatic carbocycles. The maximum absolute atomic E-state index is 13.5. The normalized spacial score (nSPS) is 21.4. The van der Waals surface area contributed by atoms with Crippen LogP contribution >= 0.6 is 0 Å². The zero-order valence-electron chi connectivity index (χ0n) is 32.3. The molecule has 6 heterocycles. The number of rotatable bonds is 8. The fourth-order valence-electron chi connectivity index (χ4n) is 9.01. The van der Waals surface area contributed by atoms with E-state index in [0.29, 0.717) is 53.1 Å². The monoisotopic (exact) mass is 769 g/mol. The van der Waals surface area contributed by atoms with E-state index in [0.717, 1.165) is 87.2 Å². The van der Waals surface area contributed by atoms with E-state index in [2.05, 4.69) is 59.5 Å². The van der Waals surface area contributed by atoms with Crippen LogP contribution in [0.2, 0.25) is 0 Å². The maximum Gasteiger partial charge on any atom is 0.328 e. The van der Waals surface area contributed by atoms with Crippen LogP contribution in [-0.2, 0) is 10.4 Å². The Bertz CT molecular complexity index is 2390. The molecule has 4 fully saturated rings. The zero-order chi connectivity index (χ0) is 39.4. The van der Waals surface area contributed by atoms with Gasteiger partial charge in [-0.15, -0.1) is 0 Å². The Kier molecular flexibility index (Phi) is 9.42. The van der Waals surface area contributed by atoms with Gasteiger partial charge in [0.1, 0.15) is 11.8 Å². The summed E-state index contributed by atoms with van der Waals surface area (Å²) in [5.41, 5.74) is 3.99. The third-order valence-corrected chi connectivity index (χ3v) is 12.3. The number of fused-ring (bicyclic) bond motifs is 2. The third-order valence-electron chi connectivity index (χ3n) is 12.3. The van der Waals surface area contributed by atoms with E-state index >= 15 is 0 Å². The van der Waals surface area contributed by atoms with Gasteiger partial charge in [0, 0.05) is 98.5 Å². The molecule has 57 heavy (non-hydrogen) atoms. The summed E-state index contributed by atoms with van der Waals surface area (Å²) in [4.78, 5) is 46.6. The number of piperazine rings is 1. The molecule has 1 saturated carbocycles. The van der Waals surface area contributed by atoms with Crippen molar-refractivity contribution in [2.45, 2.75) is 69.7 Å². The van der Waals surface area contributed by atoms with E-state index in [1.165, 1.54) is 10.7 Å². The number of anilines is 3. The number of carbonyl (C=O) groups excluding carboxylic acids is 3. The zero-order valence-corrected chi connectivity index (χ0v) is 32.3. The van der Waals surface area contributed by atoms with E-state index in [1.54, 1.807) is 36.9 Å². The lowest BCUT2D eigenvalue weighted by molar-refractivity contribution is -0.120. The molecule has 3 N–H and O–H groups in total. The number of aliphatic hydroxyl groups is 1. The van der Waals surface area contributed by atoms with E-state index < -0.39 is 5.60 Å². The lowest BCUT2D eigenvalue weighted by Gasteiger charge is -2.50. The molecule has 4 amide bonds. The topological polar surface area (TPSA) is 167 Å². The SMILES string of the molecule is CC(C)(O)c1cc2nn(C3CCC(N4CCN(C5CN(c6ccc(N7CCC(=O)NC7=O)cc6)C5)CC4)CC3)cc2cc1NC(=O)c1ccc2cc(C#N)cnn12. The second-order valence-electron chi connectivity index (χ2n) is 16.4. The van der Waals surface area contributed by atoms with Crippen molar-refractivity contribution in [3.8, 4) is 6.07 Å². The van der Waals surface area contributed by atoms with Gasteiger partial charge in [0.05, 0.1) is 34.4 Å². The van der Waals surface area contributed by atoms with Crippen LogP contribution in [0.1, 0.15) is 73.6 Å². The third kappa shape index (κ3) is 7.20. The number of aromatic nitrogens is 4. The molecule has 0 radical (unpaired) electrons. The van der Waals surface area contributed by atoms with Gasteiger partial charge < -0.3 is 15.3 Å². The minimum Gasteiger partial charge on any atom is -0.386 e. The second kappa shape index (κ2) is 14.6. The standard InChI is InChI=1S/C42H47N11O4/c1-42(2,57)35-21-36-28(20-37(35)45-40(55)38-12-11-33-19-27(22-43)23-44-53(33)38)24-52(47-36)32-9-5-29(6-10-32)48-15-17-49(18-16-48)34-25-50(26-34)30-3-7-31(8-4-30)51-14-13-39(54)46-41(51)56/h3-4,7-8,11-12,19-21,23-24,29,32,34,57H,5-6,9-10,13-18,25-26H2,1-2H3,(H,45,55)(H,46,54,56). The highest BCUT2D eigenvalue weighted by Crippen LogP contribution is 2.36. The molecule has 3 aromatic heterocycles. The van der Waals surface area contributed by atoms with Gasteiger partial charge in [-0.1, -0.05) is 0 Å². The number of imide groups is 1. The average molecular weight is 770 g/mol. The molecule has 3 aliphatic heterocycles. The van der Waals surface area contributed by atoms with Crippen LogP contribution in [0.25, 0.3) is 16.4 Å². The summed E-state index contributed by atoms with van der Waals surface area (Å²) in [6.45, 7) is 10.1. The summed E-state index contributed by atoms with van der Waals surface area (Å²) in [6.07, 6.45) is 8.13. The fraction of sp³-hybridized carbons (Fsp3) is 0.429. The van der Waals surface area contributed by atoms with Crippen LogP contribution in [0.15, 0.2) is 67.0 Å². The molecule has 0 atom stereocenters. The Labute approximate surface area is 330 Å². The average Bonchev–Trinajstić information content (AvgIpc) is 3.81. The van der Waals surface area contributed by atoms with Crippen LogP contribution in [0.3, 0.4) is 0 Å². The highest BCUT2D eigenvalue weighted by atomic mass is 16.3. The first-order valence-electron chi connectivity index (χ1n) is 19.9. The lowest BCUT2D eigenvalue weighted by Crippen LogP contribution is -2.64. The van der Waals surface area contributed by atoms with Gasteiger partial charge in [0.25, 0.3) is 5.91 Å². The van der Waals surface area contributed by atoms with Gasteiger partial charge in [-0.3, -0.25) is 34.3 Å². The molecular formula is C42H47N11O4. The molecule has 15 nitrogen and oxygen atoms in total. The predicted octanol–water partition coefficient (Wildman–Crippen LogP) is 4.47. The van der Waals surface area contributed by atoms with Gasteiger partial charge >= 0.3 is 6.03 Å². The first kappa shape index (κ1) is 36.8. The van der Waals surface area contributed by atoms with Crippen molar-refractivity contribution in [2.75, 3.05) is 60.9 Å². The Morgan fingerprint density at radius 1 is 0.895 bits per heavy atom. The lowest BCUT2D eigenvalue weighted by atomic mass is 9.89. The predicted molar refractivity (Wildman–Crippen MR) is 215 cm³/mol. The van der Waals surface area contributed by atoms with E-state index in [4.69, 9.17) is 5.10 Å².